The van der Waals surface area contributed by atoms with Crippen molar-refractivity contribution < 1.29 is 18.3 Å². The standard InChI is InChI=1S/C12H17F3N2O/c1-17(8-9(18)6-7-16)11-5-3-2-4-10(11)12(13,14)15/h2-5,9,18H,6-8,16H2,1H3. The predicted molar refractivity (Wildman–Crippen MR) is 64.4 cm³/mol. The average molecular weight is 262 g/mol. The van der Waals surface area contributed by atoms with Crippen molar-refractivity contribution in [3.8, 4) is 0 Å². The van der Waals surface area contributed by atoms with E-state index in [-0.39, 0.29) is 12.2 Å². The van der Waals surface area contributed by atoms with Gasteiger partial charge in [0.25, 0.3) is 0 Å². The van der Waals surface area contributed by atoms with Gasteiger partial charge in [0, 0.05) is 19.3 Å². The van der Waals surface area contributed by atoms with Crippen LogP contribution in [0, 0.1) is 0 Å². The van der Waals surface area contributed by atoms with Gasteiger partial charge in [-0.2, -0.15) is 13.2 Å². The lowest BCUT2D eigenvalue weighted by Crippen LogP contribution is -2.31. The van der Waals surface area contributed by atoms with Crippen LogP contribution in [0.1, 0.15) is 12.0 Å². The molecule has 1 aromatic rings. The summed E-state index contributed by atoms with van der Waals surface area (Å²) < 4.78 is 38.4. The topological polar surface area (TPSA) is 49.5 Å². The Balaban J connectivity index is 2.89. The van der Waals surface area contributed by atoms with Crippen molar-refractivity contribution in [2.75, 3.05) is 25.0 Å². The minimum Gasteiger partial charge on any atom is -0.391 e. The highest BCUT2D eigenvalue weighted by molar-refractivity contribution is 5.54. The fourth-order valence-electron chi connectivity index (χ4n) is 1.74. The van der Waals surface area contributed by atoms with Gasteiger partial charge in [-0.3, -0.25) is 0 Å². The number of nitrogens with zero attached hydrogens (tertiary/aromatic N) is 1. The second-order valence-electron chi connectivity index (χ2n) is 4.13. The number of alkyl halides is 3. The van der Waals surface area contributed by atoms with Gasteiger partial charge in [-0.25, -0.2) is 0 Å². The molecule has 3 N–H and O–H groups in total. The van der Waals surface area contributed by atoms with Crippen LogP contribution in [0.15, 0.2) is 24.3 Å². The van der Waals surface area contributed by atoms with Crippen molar-refractivity contribution in [2.45, 2.75) is 18.7 Å². The molecular formula is C12H17F3N2O. The van der Waals surface area contributed by atoms with Crippen molar-refractivity contribution in [2.24, 2.45) is 5.73 Å². The molecule has 0 amide bonds. The van der Waals surface area contributed by atoms with E-state index in [2.05, 4.69) is 0 Å². The minimum absolute atomic E-state index is 0.0565. The first kappa shape index (κ1) is 14.8. The largest absolute Gasteiger partial charge is 0.418 e. The Hall–Kier alpha value is -1.27. The number of nitrogens with two attached hydrogens (primary N) is 1. The van der Waals surface area contributed by atoms with E-state index in [1.54, 1.807) is 0 Å². The maximum atomic E-state index is 12.8. The zero-order valence-electron chi connectivity index (χ0n) is 10.1. The Morgan fingerprint density at radius 1 is 1.33 bits per heavy atom. The van der Waals surface area contributed by atoms with E-state index in [9.17, 15) is 18.3 Å². The molecule has 0 spiro atoms. The van der Waals surface area contributed by atoms with Crippen LogP contribution in [0.2, 0.25) is 0 Å². The summed E-state index contributed by atoms with van der Waals surface area (Å²) in [4.78, 5) is 1.39. The van der Waals surface area contributed by atoms with Gasteiger partial charge in [-0.05, 0) is 25.1 Å². The van der Waals surface area contributed by atoms with Gasteiger partial charge in [0.15, 0.2) is 0 Å². The molecular weight excluding hydrogens is 245 g/mol. The molecule has 0 aromatic heterocycles. The molecule has 1 unspecified atom stereocenters. The average Bonchev–Trinajstić information content (AvgIpc) is 2.28. The van der Waals surface area contributed by atoms with E-state index >= 15 is 0 Å². The van der Waals surface area contributed by atoms with Crippen LogP contribution < -0.4 is 10.6 Å². The van der Waals surface area contributed by atoms with E-state index in [0.717, 1.165) is 6.07 Å². The van der Waals surface area contributed by atoms with Gasteiger partial charge in [-0.15, -0.1) is 0 Å². The fraction of sp³-hybridized carbons (Fsp3) is 0.500. The second-order valence-corrected chi connectivity index (χ2v) is 4.13. The quantitative estimate of drug-likeness (QED) is 0.851. The molecule has 0 aliphatic rings. The third-order valence-electron chi connectivity index (χ3n) is 2.61. The van der Waals surface area contributed by atoms with Gasteiger partial charge in [0.1, 0.15) is 0 Å². The molecule has 1 aromatic carbocycles. The lowest BCUT2D eigenvalue weighted by molar-refractivity contribution is -0.137. The predicted octanol–water partition coefficient (Wildman–Crippen LogP) is 1.85. The van der Waals surface area contributed by atoms with E-state index in [1.165, 1.54) is 30.1 Å². The molecule has 0 radical (unpaired) electrons. The van der Waals surface area contributed by atoms with E-state index < -0.39 is 17.8 Å². The number of anilines is 1. The van der Waals surface area contributed by atoms with Crippen LogP contribution in [0.3, 0.4) is 0 Å². The summed E-state index contributed by atoms with van der Waals surface area (Å²) in [6.45, 7) is 0.417. The number of halogens is 3. The second kappa shape index (κ2) is 6.06. The molecule has 18 heavy (non-hydrogen) atoms. The third-order valence-corrected chi connectivity index (χ3v) is 2.61. The Morgan fingerprint density at radius 2 is 1.94 bits per heavy atom. The molecule has 0 bridgehead atoms. The molecule has 3 nitrogen and oxygen atoms in total. The van der Waals surface area contributed by atoms with Crippen LogP contribution in [-0.4, -0.2) is 31.3 Å². The summed E-state index contributed by atoms with van der Waals surface area (Å²) in [5.74, 6) is 0. The van der Waals surface area contributed by atoms with Crippen LogP contribution in [0.4, 0.5) is 18.9 Å². The van der Waals surface area contributed by atoms with E-state index in [1.807, 2.05) is 0 Å². The summed E-state index contributed by atoms with van der Waals surface area (Å²) in [5, 5.41) is 9.57. The molecule has 1 rings (SSSR count). The molecule has 0 heterocycles. The Morgan fingerprint density at radius 3 is 2.50 bits per heavy atom. The third kappa shape index (κ3) is 3.89. The maximum absolute atomic E-state index is 12.8. The number of hydrogen-bond donors (Lipinski definition) is 2. The normalized spacial score (nSPS) is 13.4. The minimum atomic E-state index is -4.40. The van der Waals surface area contributed by atoms with Crippen molar-refractivity contribution in [1.82, 2.24) is 0 Å². The number of para-hydroxylation sites is 1. The SMILES string of the molecule is CN(CC(O)CCN)c1ccccc1C(F)(F)F. The van der Waals surface area contributed by atoms with Crippen LogP contribution >= 0.6 is 0 Å². The number of aliphatic hydroxyl groups excluding tert-OH is 1. The zero-order valence-corrected chi connectivity index (χ0v) is 10.1. The summed E-state index contributed by atoms with van der Waals surface area (Å²) in [5.41, 5.74) is 4.64. The van der Waals surface area contributed by atoms with Crippen LogP contribution in [0.5, 0.6) is 0 Å². The Labute approximate surface area is 104 Å². The number of benzene rings is 1. The van der Waals surface area contributed by atoms with Gasteiger partial charge in [0.05, 0.1) is 11.7 Å². The van der Waals surface area contributed by atoms with E-state index in [0.29, 0.717) is 13.0 Å². The highest BCUT2D eigenvalue weighted by atomic mass is 19.4. The smallest absolute Gasteiger partial charge is 0.391 e. The zero-order chi connectivity index (χ0) is 13.8. The number of hydrogen-bond acceptors (Lipinski definition) is 3. The first-order valence-corrected chi connectivity index (χ1v) is 5.61. The van der Waals surface area contributed by atoms with Gasteiger partial charge >= 0.3 is 6.18 Å². The maximum Gasteiger partial charge on any atom is 0.418 e. The lowest BCUT2D eigenvalue weighted by atomic mass is 10.1. The first-order chi connectivity index (χ1) is 8.36. The lowest BCUT2D eigenvalue weighted by Gasteiger charge is -2.25. The van der Waals surface area contributed by atoms with Crippen molar-refractivity contribution >= 4 is 5.69 Å². The number of likely N-dealkylation sites (N-methyl/N-ethyl adjacent to an activating group) is 1. The van der Waals surface area contributed by atoms with Crippen molar-refractivity contribution in [3.63, 3.8) is 0 Å². The summed E-state index contributed by atoms with van der Waals surface area (Å²) >= 11 is 0. The van der Waals surface area contributed by atoms with Gasteiger partial charge < -0.3 is 15.7 Å². The van der Waals surface area contributed by atoms with Crippen LogP contribution in [-0.2, 0) is 6.18 Å². The number of rotatable bonds is 5. The fourth-order valence-corrected chi connectivity index (χ4v) is 1.74. The molecule has 0 saturated carbocycles. The van der Waals surface area contributed by atoms with Crippen molar-refractivity contribution in [1.29, 1.82) is 0 Å². The molecule has 102 valence electrons. The monoisotopic (exact) mass is 262 g/mol. The van der Waals surface area contributed by atoms with E-state index in [4.69, 9.17) is 5.73 Å². The number of aliphatic hydroxyl groups is 1. The highest BCUT2D eigenvalue weighted by Gasteiger charge is 2.34. The Bertz CT molecular complexity index is 382. The molecule has 0 fully saturated rings. The summed E-state index contributed by atoms with van der Waals surface area (Å²) in [6, 6.07) is 5.30. The molecule has 0 aliphatic heterocycles. The summed E-state index contributed by atoms with van der Waals surface area (Å²) in [6.07, 6.45) is -4.77. The molecule has 1 atom stereocenters. The molecule has 0 saturated heterocycles. The molecule has 0 aliphatic carbocycles. The van der Waals surface area contributed by atoms with Crippen molar-refractivity contribution in [3.05, 3.63) is 29.8 Å². The van der Waals surface area contributed by atoms with Gasteiger partial charge in [-0.1, -0.05) is 12.1 Å². The first-order valence-electron chi connectivity index (χ1n) is 5.61. The highest BCUT2D eigenvalue weighted by Crippen LogP contribution is 2.35. The van der Waals surface area contributed by atoms with Gasteiger partial charge in [0.2, 0.25) is 0 Å². The molecule has 6 heteroatoms. The van der Waals surface area contributed by atoms with Crippen LogP contribution in [0.25, 0.3) is 0 Å². The summed E-state index contributed by atoms with van der Waals surface area (Å²) in [7, 11) is 1.52. The Kier molecular flexibility index (Phi) is 4.98.